The van der Waals surface area contributed by atoms with Crippen LogP contribution in [-0.4, -0.2) is 29.6 Å². The van der Waals surface area contributed by atoms with Crippen molar-refractivity contribution in [2.24, 2.45) is 0 Å². The number of carbonyl (C=O) groups is 1. The van der Waals surface area contributed by atoms with Crippen molar-refractivity contribution in [3.63, 3.8) is 0 Å². The molecule has 0 unspecified atom stereocenters. The van der Waals surface area contributed by atoms with Gasteiger partial charge in [-0.05, 0) is 44.5 Å². The Balaban J connectivity index is 2.07. The largest absolute Gasteiger partial charge is 0.377 e. The summed E-state index contributed by atoms with van der Waals surface area (Å²) in [7, 11) is 0. The third kappa shape index (κ3) is 5.34. The van der Waals surface area contributed by atoms with Crippen LogP contribution < -0.4 is 5.32 Å². The summed E-state index contributed by atoms with van der Waals surface area (Å²) in [6.07, 6.45) is 3.43. The van der Waals surface area contributed by atoms with Crippen molar-refractivity contribution in [1.29, 1.82) is 0 Å². The number of rotatable bonds is 6. The summed E-state index contributed by atoms with van der Waals surface area (Å²) in [5.41, 5.74) is 2.36. The Kier molecular flexibility index (Phi) is 6.13. The molecule has 122 valence electrons. The van der Waals surface area contributed by atoms with Crippen LogP contribution in [0.15, 0.2) is 42.7 Å². The van der Waals surface area contributed by atoms with Crippen LogP contribution in [0.25, 0.3) is 11.1 Å². The van der Waals surface area contributed by atoms with E-state index in [1.54, 1.807) is 12.4 Å². The molecule has 4 nitrogen and oxygen atoms in total. The van der Waals surface area contributed by atoms with E-state index in [1.165, 1.54) is 0 Å². The Morgan fingerprint density at radius 1 is 1.17 bits per heavy atom. The highest BCUT2D eigenvalue weighted by atomic mass is 35.5. The lowest BCUT2D eigenvalue weighted by Gasteiger charge is -2.16. The van der Waals surface area contributed by atoms with E-state index in [0.29, 0.717) is 17.2 Å². The second-order valence-electron chi connectivity index (χ2n) is 5.73. The normalized spacial score (nSPS) is 12.2. The van der Waals surface area contributed by atoms with Crippen LogP contribution in [0.5, 0.6) is 0 Å². The zero-order chi connectivity index (χ0) is 16.8. The van der Waals surface area contributed by atoms with E-state index in [9.17, 15) is 4.79 Å². The molecule has 1 aromatic heterocycles. The highest BCUT2D eigenvalue weighted by Gasteiger charge is 2.12. The maximum absolute atomic E-state index is 12.3. The highest BCUT2D eigenvalue weighted by molar-refractivity contribution is 6.30. The average Bonchev–Trinajstić information content (AvgIpc) is 2.53. The molecule has 0 aliphatic carbocycles. The van der Waals surface area contributed by atoms with Gasteiger partial charge in [-0.25, -0.2) is 0 Å². The molecule has 0 saturated carbocycles. The van der Waals surface area contributed by atoms with Gasteiger partial charge in [0.15, 0.2) is 0 Å². The number of carbonyl (C=O) groups excluding carboxylic acids is 1. The summed E-state index contributed by atoms with van der Waals surface area (Å²) in [5.74, 6) is -0.159. The first-order chi connectivity index (χ1) is 11.0. The quantitative estimate of drug-likeness (QED) is 0.871. The number of amides is 1. The molecule has 0 saturated heterocycles. The molecule has 0 bridgehead atoms. The maximum Gasteiger partial charge on any atom is 0.253 e. The maximum atomic E-state index is 12.3. The lowest BCUT2D eigenvalue weighted by molar-refractivity contribution is 0.0601. The van der Waals surface area contributed by atoms with Gasteiger partial charge in [0.05, 0.1) is 18.3 Å². The zero-order valence-electron chi connectivity index (χ0n) is 13.5. The van der Waals surface area contributed by atoms with E-state index in [1.807, 2.05) is 51.1 Å². The predicted molar refractivity (Wildman–Crippen MR) is 92.7 cm³/mol. The standard InChI is InChI=1S/C18H21ClN2O2/c1-12(2)23-11-13(3)21-18(22)16-8-15(9-20-10-16)14-4-6-17(19)7-5-14/h4-10,12-13H,11H2,1-3H3,(H,21,22)/t13-/m0/s1. The summed E-state index contributed by atoms with van der Waals surface area (Å²) in [4.78, 5) is 16.5. The van der Waals surface area contributed by atoms with Gasteiger partial charge in [0.25, 0.3) is 5.91 Å². The van der Waals surface area contributed by atoms with Gasteiger partial charge in [0.2, 0.25) is 0 Å². The van der Waals surface area contributed by atoms with Gasteiger partial charge in [-0.3, -0.25) is 9.78 Å². The Morgan fingerprint density at radius 2 is 1.87 bits per heavy atom. The Morgan fingerprint density at radius 3 is 2.52 bits per heavy atom. The van der Waals surface area contributed by atoms with E-state index in [2.05, 4.69) is 10.3 Å². The van der Waals surface area contributed by atoms with Crippen molar-refractivity contribution in [1.82, 2.24) is 10.3 Å². The number of benzene rings is 1. The molecule has 2 rings (SSSR count). The minimum atomic E-state index is -0.159. The van der Waals surface area contributed by atoms with Crippen LogP contribution in [0.1, 0.15) is 31.1 Å². The topological polar surface area (TPSA) is 51.2 Å². The first kappa shape index (κ1) is 17.4. The molecule has 1 atom stereocenters. The van der Waals surface area contributed by atoms with Crippen LogP contribution in [0.2, 0.25) is 5.02 Å². The molecule has 2 aromatic rings. The number of aromatic nitrogens is 1. The number of hydrogen-bond acceptors (Lipinski definition) is 3. The van der Waals surface area contributed by atoms with Crippen LogP contribution in [0.4, 0.5) is 0 Å². The van der Waals surface area contributed by atoms with Crippen molar-refractivity contribution in [3.05, 3.63) is 53.3 Å². The molecule has 0 radical (unpaired) electrons. The fraction of sp³-hybridized carbons (Fsp3) is 0.333. The minimum absolute atomic E-state index is 0.0657. The number of halogens is 1. The highest BCUT2D eigenvalue weighted by Crippen LogP contribution is 2.21. The molecular formula is C18H21ClN2O2. The van der Waals surface area contributed by atoms with Crippen molar-refractivity contribution in [2.75, 3.05) is 6.61 Å². The van der Waals surface area contributed by atoms with Gasteiger partial charge in [-0.1, -0.05) is 23.7 Å². The van der Waals surface area contributed by atoms with Gasteiger partial charge in [0.1, 0.15) is 0 Å². The van der Waals surface area contributed by atoms with Crippen LogP contribution >= 0.6 is 11.6 Å². The van der Waals surface area contributed by atoms with E-state index < -0.39 is 0 Å². The van der Waals surface area contributed by atoms with Crippen molar-refractivity contribution >= 4 is 17.5 Å². The number of pyridine rings is 1. The molecule has 0 fully saturated rings. The molecule has 1 amide bonds. The van der Waals surface area contributed by atoms with E-state index in [4.69, 9.17) is 16.3 Å². The minimum Gasteiger partial charge on any atom is -0.377 e. The van der Waals surface area contributed by atoms with E-state index in [-0.39, 0.29) is 18.1 Å². The summed E-state index contributed by atoms with van der Waals surface area (Å²) in [6, 6.07) is 9.19. The van der Waals surface area contributed by atoms with Crippen molar-refractivity contribution in [2.45, 2.75) is 32.9 Å². The second-order valence-corrected chi connectivity index (χ2v) is 6.16. The molecule has 0 aliphatic rings. The van der Waals surface area contributed by atoms with Gasteiger partial charge < -0.3 is 10.1 Å². The molecule has 0 spiro atoms. The Bertz CT molecular complexity index is 656. The van der Waals surface area contributed by atoms with Crippen molar-refractivity contribution in [3.8, 4) is 11.1 Å². The molecule has 1 heterocycles. The van der Waals surface area contributed by atoms with Crippen LogP contribution in [-0.2, 0) is 4.74 Å². The molecular weight excluding hydrogens is 312 g/mol. The average molecular weight is 333 g/mol. The molecule has 0 aliphatic heterocycles. The number of nitrogens with one attached hydrogen (secondary N) is 1. The van der Waals surface area contributed by atoms with Gasteiger partial charge in [0, 0.05) is 29.0 Å². The van der Waals surface area contributed by atoms with Gasteiger partial charge in [-0.2, -0.15) is 0 Å². The lowest BCUT2D eigenvalue weighted by Crippen LogP contribution is -2.36. The third-order valence-electron chi connectivity index (χ3n) is 3.24. The molecule has 23 heavy (non-hydrogen) atoms. The summed E-state index contributed by atoms with van der Waals surface area (Å²) in [6.45, 7) is 6.33. The Hall–Kier alpha value is -1.91. The predicted octanol–water partition coefficient (Wildman–Crippen LogP) is 3.95. The lowest BCUT2D eigenvalue weighted by atomic mass is 10.1. The number of hydrogen-bond donors (Lipinski definition) is 1. The number of ether oxygens (including phenoxy) is 1. The fourth-order valence-corrected chi connectivity index (χ4v) is 2.18. The third-order valence-corrected chi connectivity index (χ3v) is 3.49. The molecule has 1 N–H and O–H groups in total. The monoisotopic (exact) mass is 332 g/mol. The summed E-state index contributed by atoms with van der Waals surface area (Å²) in [5, 5.41) is 3.59. The van der Waals surface area contributed by atoms with Crippen LogP contribution in [0, 0.1) is 0 Å². The first-order valence-corrected chi connectivity index (χ1v) is 7.97. The molecule has 5 heteroatoms. The Labute approximate surface area is 141 Å². The van der Waals surface area contributed by atoms with Crippen molar-refractivity contribution < 1.29 is 9.53 Å². The summed E-state index contributed by atoms with van der Waals surface area (Å²) >= 11 is 5.90. The zero-order valence-corrected chi connectivity index (χ0v) is 14.3. The first-order valence-electron chi connectivity index (χ1n) is 7.59. The smallest absolute Gasteiger partial charge is 0.253 e. The summed E-state index contributed by atoms with van der Waals surface area (Å²) < 4.78 is 5.50. The van der Waals surface area contributed by atoms with Crippen LogP contribution in [0.3, 0.4) is 0 Å². The van der Waals surface area contributed by atoms with E-state index in [0.717, 1.165) is 11.1 Å². The fourth-order valence-electron chi connectivity index (χ4n) is 2.05. The number of nitrogens with zero attached hydrogens (tertiary/aromatic N) is 1. The van der Waals surface area contributed by atoms with E-state index >= 15 is 0 Å². The van der Waals surface area contributed by atoms with Gasteiger partial charge >= 0.3 is 0 Å². The van der Waals surface area contributed by atoms with Gasteiger partial charge in [-0.15, -0.1) is 0 Å². The second kappa shape index (κ2) is 8.09. The molecule has 1 aromatic carbocycles. The SMILES string of the molecule is CC(C)OC[C@H](C)NC(=O)c1cncc(-c2ccc(Cl)cc2)c1.